The van der Waals surface area contributed by atoms with E-state index < -0.39 is 0 Å². The van der Waals surface area contributed by atoms with Gasteiger partial charge < -0.3 is 5.11 Å². The SMILES string of the molecule is OC(Cc1cncc(Br)c1)C1CC2CC2C1. The van der Waals surface area contributed by atoms with Crippen LogP contribution in [0.1, 0.15) is 24.8 Å². The Morgan fingerprint density at radius 2 is 2.06 bits per heavy atom. The Bertz CT molecular complexity index is 385. The highest BCUT2D eigenvalue weighted by atomic mass is 79.9. The maximum absolute atomic E-state index is 10.2. The molecule has 0 aromatic carbocycles. The molecule has 1 aromatic rings. The number of aliphatic hydroxyl groups excluding tert-OH is 1. The lowest BCUT2D eigenvalue weighted by atomic mass is 9.92. The van der Waals surface area contributed by atoms with Crippen molar-refractivity contribution in [3.05, 3.63) is 28.5 Å². The quantitative estimate of drug-likeness (QED) is 0.924. The van der Waals surface area contributed by atoms with Crippen LogP contribution >= 0.6 is 15.9 Å². The second-order valence-corrected chi connectivity index (χ2v) is 6.19. The highest BCUT2D eigenvalue weighted by Gasteiger charge is 2.47. The zero-order valence-electron chi connectivity index (χ0n) is 9.14. The van der Waals surface area contributed by atoms with E-state index in [1.807, 2.05) is 12.3 Å². The molecule has 0 spiro atoms. The molecule has 1 aromatic heterocycles. The summed E-state index contributed by atoms with van der Waals surface area (Å²) < 4.78 is 0.992. The van der Waals surface area contributed by atoms with Crippen LogP contribution in [0.25, 0.3) is 0 Å². The Hall–Kier alpha value is -0.410. The highest BCUT2D eigenvalue weighted by molar-refractivity contribution is 9.10. The van der Waals surface area contributed by atoms with Crippen LogP contribution in [-0.4, -0.2) is 16.2 Å². The minimum atomic E-state index is -0.177. The average Bonchev–Trinajstić information content (AvgIpc) is 2.86. The fourth-order valence-electron chi connectivity index (χ4n) is 3.05. The maximum Gasteiger partial charge on any atom is 0.0609 e. The lowest BCUT2D eigenvalue weighted by molar-refractivity contribution is 0.104. The van der Waals surface area contributed by atoms with Gasteiger partial charge in [-0.25, -0.2) is 0 Å². The predicted octanol–water partition coefficient (Wildman–Crippen LogP) is 2.79. The number of rotatable bonds is 3. The van der Waals surface area contributed by atoms with Gasteiger partial charge in [-0.05, 0) is 64.6 Å². The van der Waals surface area contributed by atoms with Crippen LogP contribution in [-0.2, 0) is 6.42 Å². The molecule has 2 fully saturated rings. The number of halogens is 1. The van der Waals surface area contributed by atoms with Crippen LogP contribution in [0.2, 0.25) is 0 Å². The molecule has 0 radical (unpaired) electrons. The van der Waals surface area contributed by atoms with Crippen molar-refractivity contribution >= 4 is 15.9 Å². The minimum absolute atomic E-state index is 0.177. The fourth-order valence-corrected chi connectivity index (χ4v) is 3.46. The predicted molar refractivity (Wildman–Crippen MR) is 66.0 cm³/mol. The van der Waals surface area contributed by atoms with Crippen molar-refractivity contribution in [3.63, 3.8) is 0 Å². The first-order chi connectivity index (χ1) is 7.72. The summed E-state index contributed by atoms with van der Waals surface area (Å²) in [5.74, 6) is 2.42. The Labute approximate surface area is 104 Å². The van der Waals surface area contributed by atoms with E-state index in [-0.39, 0.29) is 6.10 Å². The van der Waals surface area contributed by atoms with E-state index in [1.165, 1.54) is 19.3 Å². The monoisotopic (exact) mass is 281 g/mol. The molecule has 3 rings (SSSR count). The minimum Gasteiger partial charge on any atom is -0.392 e. The van der Waals surface area contributed by atoms with Crippen LogP contribution in [0.5, 0.6) is 0 Å². The van der Waals surface area contributed by atoms with Gasteiger partial charge in [0.25, 0.3) is 0 Å². The molecule has 16 heavy (non-hydrogen) atoms. The van der Waals surface area contributed by atoms with E-state index in [1.54, 1.807) is 6.20 Å². The van der Waals surface area contributed by atoms with E-state index in [2.05, 4.69) is 20.9 Å². The normalized spacial score (nSPS) is 33.5. The first-order valence-electron chi connectivity index (χ1n) is 6.00. The number of hydrogen-bond acceptors (Lipinski definition) is 2. The molecule has 3 heteroatoms. The van der Waals surface area contributed by atoms with Crippen molar-refractivity contribution in [3.8, 4) is 0 Å². The average molecular weight is 282 g/mol. The van der Waals surface area contributed by atoms with Crippen LogP contribution in [0.3, 0.4) is 0 Å². The van der Waals surface area contributed by atoms with E-state index in [0.29, 0.717) is 5.92 Å². The zero-order valence-corrected chi connectivity index (χ0v) is 10.7. The lowest BCUT2D eigenvalue weighted by Crippen LogP contribution is -2.21. The van der Waals surface area contributed by atoms with Crippen LogP contribution in [0.4, 0.5) is 0 Å². The molecular formula is C13H16BrNO. The fraction of sp³-hybridized carbons (Fsp3) is 0.615. The lowest BCUT2D eigenvalue weighted by Gasteiger charge is -2.19. The van der Waals surface area contributed by atoms with Gasteiger partial charge in [0.2, 0.25) is 0 Å². The largest absolute Gasteiger partial charge is 0.392 e. The van der Waals surface area contributed by atoms with Crippen molar-refractivity contribution in [2.75, 3.05) is 0 Å². The van der Waals surface area contributed by atoms with Crippen molar-refractivity contribution in [1.29, 1.82) is 0 Å². The molecule has 2 saturated carbocycles. The first kappa shape index (κ1) is 10.7. The summed E-state index contributed by atoms with van der Waals surface area (Å²) in [5.41, 5.74) is 1.13. The molecule has 0 bridgehead atoms. The van der Waals surface area contributed by atoms with Crippen molar-refractivity contribution in [1.82, 2.24) is 4.98 Å². The third-order valence-corrected chi connectivity index (χ3v) is 4.46. The van der Waals surface area contributed by atoms with Gasteiger partial charge in [0.05, 0.1) is 6.10 Å². The Kier molecular flexibility index (Phi) is 2.76. The smallest absolute Gasteiger partial charge is 0.0609 e. The van der Waals surface area contributed by atoms with Gasteiger partial charge in [-0.1, -0.05) is 0 Å². The van der Waals surface area contributed by atoms with Gasteiger partial charge in [-0.15, -0.1) is 0 Å². The van der Waals surface area contributed by atoms with Gasteiger partial charge in [0.1, 0.15) is 0 Å². The summed E-state index contributed by atoms with van der Waals surface area (Å²) in [6.45, 7) is 0. The van der Waals surface area contributed by atoms with Crippen LogP contribution in [0.15, 0.2) is 22.9 Å². The zero-order chi connectivity index (χ0) is 11.1. The van der Waals surface area contributed by atoms with Gasteiger partial charge in [0.15, 0.2) is 0 Å². The molecule has 0 saturated heterocycles. The summed E-state index contributed by atoms with van der Waals surface area (Å²) in [6, 6.07) is 2.05. The standard InChI is InChI=1S/C13H16BrNO/c14-12-1-8(6-15-7-12)2-13(16)11-4-9-3-10(9)5-11/h1,6-7,9-11,13,16H,2-5H2. The Morgan fingerprint density at radius 1 is 1.31 bits per heavy atom. The number of aliphatic hydroxyl groups is 1. The molecule has 3 unspecified atom stereocenters. The molecule has 86 valence electrons. The summed E-state index contributed by atoms with van der Waals surface area (Å²) >= 11 is 3.41. The second-order valence-electron chi connectivity index (χ2n) is 5.27. The maximum atomic E-state index is 10.2. The van der Waals surface area contributed by atoms with E-state index >= 15 is 0 Å². The molecule has 1 heterocycles. The summed E-state index contributed by atoms with van der Waals surface area (Å²) in [7, 11) is 0. The number of fused-ring (bicyclic) bond motifs is 1. The van der Waals surface area contributed by atoms with Gasteiger partial charge in [-0.3, -0.25) is 4.98 Å². The summed E-state index contributed by atoms with van der Waals surface area (Å²) in [4.78, 5) is 4.13. The molecule has 1 N–H and O–H groups in total. The number of nitrogens with zero attached hydrogens (tertiary/aromatic N) is 1. The third kappa shape index (κ3) is 2.16. The summed E-state index contributed by atoms with van der Waals surface area (Å²) in [6.07, 6.45) is 8.10. The number of aromatic nitrogens is 1. The van der Waals surface area contributed by atoms with E-state index in [4.69, 9.17) is 0 Å². The van der Waals surface area contributed by atoms with Crippen molar-refractivity contribution in [2.24, 2.45) is 17.8 Å². The molecule has 0 aliphatic heterocycles. The second kappa shape index (κ2) is 4.11. The van der Waals surface area contributed by atoms with Crippen LogP contribution < -0.4 is 0 Å². The molecule has 2 aliphatic rings. The Balaban J connectivity index is 1.61. The highest BCUT2D eigenvalue weighted by Crippen LogP contribution is 2.55. The molecular weight excluding hydrogens is 266 g/mol. The number of pyridine rings is 1. The molecule has 0 amide bonds. The van der Waals surface area contributed by atoms with Gasteiger partial charge in [0, 0.05) is 23.3 Å². The van der Waals surface area contributed by atoms with Gasteiger partial charge in [-0.2, -0.15) is 0 Å². The van der Waals surface area contributed by atoms with Crippen molar-refractivity contribution < 1.29 is 5.11 Å². The molecule has 3 atom stereocenters. The van der Waals surface area contributed by atoms with E-state index in [9.17, 15) is 5.11 Å². The topological polar surface area (TPSA) is 33.1 Å². The summed E-state index contributed by atoms with van der Waals surface area (Å²) in [5, 5.41) is 10.2. The Morgan fingerprint density at radius 3 is 2.75 bits per heavy atom. The van der Waals surface area contributed by atoms with E-state index in [0.717, 1.165) is 28.3 Å². The molecule has 2 nitrogen and oxygen atoms in total. The third-order valence-electron chi connectivity index (χ3n) is 4.03. The van der Waals surface area contributed by atoms with Crippen molar-refractivity contribution in [2.45, 2.75) is 31.8 Å². The molecule has 2 aliphatic carbocycles. The van der Waals surface area contributed by atoms with Crippen LogP contribution in [0, 0.1) is 17.8 Å². The number of hydrogen-bond donors (Lipinski definition) is 1. The first-order valence-corrected chi connectivity index (χ1v) is 6.79. The van der Waals surface area contributed by atoms with Gasteiger partial charge >= 0.3 is 0 Å².